The molecule has 3 rings (SSSR count). The molecule has 0 spiro atoms. The fourth-order valence-electron chi connectivity index (χ4n) is 2.38. The topological polar surface area (TPSA) is 50.2 Å². The van der Waals surface area contributed by atoms with Crippen molar-refractivity contribution in [1.29, 1.82) is 0 Å². The van der Waals surface area contributed by atoms with Gasteiger partial charge in [0.1, 0.15) is 0 Å². The second-order valence-electron chi connectivity index (χ2n) is 5.91. The van der Waals surface area contributed by atoms with Crippen molar-refractivity contribution in [3.8, 4) is 11.4 Å². The van der Waals surface area contributed by atoms with Crippen LogP contribution in [0.5, 0.6) is 0 Å². The lowest BCUT2D eigenvalue weighted by atomic mass is 10.1. The second kappa shape index (κ2) is 7.85. The van der Waals surface area contributed by atoms with Crippen LogP contribution in [0.15, 0.2) is 53.6 Å². The van der Waals surface area contributed by atoms with Gasteiger partial charge in [-0.3, -0.25) is 5.43 Å². The zero-order valence-corrected chi connectivity index (χ0v) is 16.2. The third kappa shape index (κ3) is 4.03. The summed E-state index contributed by atoms with van der Waals surface area (Å²) in [6, 6.07) is 15.3. The van der Waals surface area contributed by atoms with Crippen LogP contribution in [0.3, 0.4) is 0 Å². The van der Waals surface area contributed by atoms with E-state index in [4.69, 9.17) is 23.2 Å². The van der Waals surface area contributed by atoms with E-state index >= 15 is 0 Å². The van der Waals surface area contributed by atoms with Crippen molar-refractivity contribution in [2.24, 2.45) is 5.10 Å². The minimum atomic E-state index is 0.499. The van der Waals surface area contributed by atoms with Crippen LogP contribution in [-0.2, 0) is 0 Å². The average molecular weight is 385 g/mol. The highest BCUT2D eigenvalue weighted by Gasteiger charge is 2.10. The fraction of sp³-hybridized carbons (Fsp3) is 0.150. The summed E-state index contributed by atoms with van der Waals surface area (Å²) in [5, 5.41) is 5.47. The first-order valence-corrected chi connectivity index (χ1v) is 8.87. The van der Waals surface area contributed by atoms with Crippen molar-refractivity contribution >= 4 is 34.7 Å². The highest BCUT2D eigenvalue weighted by atomic mass is 35.5. The minimum Gasteiger partial charge on any atom is -0.261 e. The predicted molar refractivity (Wildman–Crippen MR) is 109 cm³/mol. The molecule has 0 bridgehead atoms. The van der Waals surface area contributed by atoms with E-state index in [9.17, 15) is 0 Å². The van der Waals surface area contributed by atoms with E-state index in [1.807, 2.05) is 57.2 Å². The molecule has 0 aliphatic rings. The van der Waals surface area contributed by atoms with E-state index < -0.39 is 0 Å². The summed E-state index contributed by atoms with van der Waals surface area (Å²) in [5.74, 6) is 1.34. The number of aryl methyl sites for hydroxylation is 1. The first-order chi connectivity index (χ1) is 12.5. The number of nitrogens with zero attached hydrogens (tertiary/aromatic N) is 3. The monoisotopic (exact) mass is 384 g/mol. The molecule has 0 fully saturated rings. The maximum atomic E-state index is 6.08. The quantitative estimate of drug-likeness (QED) is 0.449. The van der Waals surface area contributed by atoms with Gasteiger partial charge < -0.3 is 0 Å². The number of hydrazone groups is 1. The van der Waals surface area contributed by atoms with Crippen LogP contribution in [0, 0.1) is 13.8 Å². The summed E-state index contributed by atoms with van der Waals surface area (Å²) < 4.78 is 0. The standard InChI is InChI=1S/C20H18Cl2N4/c1-12-13(2)23-20(15-7-5-4-6-8-15)24-19(12)26-25-14(3)16-9-10-17(21)18(22)11-16/h4-11H,1-3H3,(H,23,24,26). The molecule has 0 atom stereocenters. The van der Waals surface area contributed by atoms with Gasteiger partial charge in [0.15, 0.2) is 11.6 Å². The van der Waals surface area contributed by atoms with Crippen LogP contribution in [0.25, 0.3) is 11.4 Å². The van der Waals surface area contributed by atoms with Gasteiger partial charge in [0.25, 0.3) is 0 Å². The molecule has 26 heavy (non-hydrogen) atoms. The van der Waals surface area contributed by atoms with Gasteiger partial charge in [0, 0.05) is 16.8 Å². The van der Waals surface area contributed by atoms with Gasteiger partial charge in [-0.05, 0) is 38.5 Å². The molecular formula is C20H18Cl2N4. The molecule has 0 aliphatic heterocycles. The Morgan fingerprint density at radius 2 is 1.69 bits per heavy atom. The van der Waals surface area contributed by atoms with E-state index in [-0.39, 0.29) is 0 Å². The van der Waals surface area contributed by atoms with Crippen LogP contribution in [0.2, 0.25) is 10.0 Å². The number of aromatic nitrogens is 2. The Balaban J connectivity index is 1.91. The maximum Gasteiger partial charge on any atom is 0.161 e. The highest BCUT2D eigenvalue weighted by molar-refractivity contribution is 6.42. The maximum absolute atomic E-state index is 6.08. The van der Waals surface area contributed by atoms with Gasteiger partial charge >= 0.3 is 0 Å². The van der Waals surface area contributed by atoms with Crippen LogP contribution in [-0.4, -0.2) is 15.7 Å². The lowest BCUT2D eigenvalue weighted by Gasteiger charge is -2.11. The Bertz CT molecular complexity index is 969. The molecule has 0 amide bonds. The van der Waals surface area contributed by atoms with Gasteiger partial charge in [0.2, 0.25) is 0 Å². The van der Waals surface area contributed by atoms with E-state index in [2.05, 4.69) is 20.5 Å². The Morgan fingerprint density at radius 3 is 2.38 bits per heavy atom. The molecule has 4 nitrogen and oxygen atoms in total. The van der Waals surface area contributed by atoms with E-state index in [0.29, 0.717) is 21.7 Å². The smallest absolute Gasteiger partial charge is 0.161 e. The summed E-state index contributed by atoms with van der Waals surface area (Å²) >= 11 is 12.0. The fourth-order valence-corrected chi connectivity index (χ4v) is 2.67. The number of nitrogens with one attached hydrogen (secondary N) is 1. The highest BCUT2D eigenvalue weighted by Crippen LogP contribution is 2.24. The van der Waals surface area contributed by atoms with Gasteiger partial charge in [-0.25, -0.2) is 9.97 Å². The van der Waals surface area contributed by atoms with E-state index in [1.165, 1.54) is 0 Å². The third-order valence-corrected chi connectivity index (χ3v) is 4.83. The molecule has 1 aromatic heterocycles. The van der Waals surface area contributed by atoms with Gasteiger partial charge in [0.05, 0.1) is 15.8 Å². The van der Waals surface area contributed by atoms with Crippen molar-refractivity contribution in [2.75, 3.05) is 5.43 Å². The molecule has 0 unspecified atom stereocenters. The molecule has 0 radical (unpaired) electrons. The third-order valence-electron chi connectivity index (χ3n) is 4.09. The number of benzene rings is 2. The Morgan fingerprint density at radius 1 is 0.962 bits per heavy atom. The summed E-state index contributed by atoms with van der Waals surface area (Å²) in [6.45, 7) is 5.83. The van der Waals surface area contributed by atoms with Crippen molar-refractivity contribution < 1.29 is 0 Å². The largest absolute Gasteiger partial charge is 0.261 e. The van der Waals surface area contributed by atoms with Crippen molar-refractivity contribution in [2.45, 2.75) is 20.8 Å². The summed E-state index contributed by atoms with van der Waals surface area (Å²) in [5.41, 5.74) is 7.55. The summed E-state index contributed by atoms with van der Waals surface area (Å²) in [7, 11) is 0. The van der Waals surface area contributed by atoms with Crippen molar-refractivity contribution in [1.82, 2.24) is 9.97 Å². The molecule has 0 saturated carbocycles. The Kier molecular flexibility index (Phi) is 5.55. The zero-order valence-electron chi connectivity index (χ0n) is 14.7. The predicted octanol–water partition coefficient (Wildman–Crippen LogP) is 5.90. The van der Waals surface area contributed by atoms with Gasteiger partial charge in [-0.15, -0.1) is 0 Å². The molecule has 2 aromatic carbocycles. The minimum absolute atomic E-state index is 0.499. The average Bonchev–Trinajstić information content (AvgIpc) is 2.65. The molecule has 0 aliphatic carbocycles. The second-order valence-corrected chi connectivity index (χ2v) is 6.72. The molecule has 3 aromatic rings. The molecular weight excluding hydrogens is 367 g/mol. The Hall–Kier alpha value is -2.43. The normalized spacial score (nSPS) is 11.5. The first kappa shape index (κ1) is 18.4. The van der Waals surface area contributed by atoms with Gasteiger partial charge in [-0.2, -0.15) is 5.10 Å². The number of rotatable bonds is 4. The molecule has 132 valence electrons. The van der Waals surface area contributed by atoms with Crippen LogP contribution in [0.1, 0.15) is 23.7 Å². The Labute approximate surface area is 162 Å². The van der Waals surface area contributed by atoms with Gasteiger partial charge in [-0.1, -0.05) is 59.6 Å². The lowest BCUT2D eigenvalue weighted by Crippen LogP contribution is -2.05. The SMILES string of the molecule is CC(=NNc1nc(-c2ccccc2)nc(C)c1C)c1ccc(Cl)c(Cl)c1. The van der Waals surface area contributed by atoms with Crippen molar-refractivity contribution in [3.05, 3.63) is 75.4 Å². The first-order valence-electron chi connectivity index (χ1n) is 8.12. The van der Waals surface area contributed by atoms with E-state index in [1.54, 1.807) is 12.1 Å². The molecule has 6 heteroatoms. The molecule has 1 heterocycles. The van der Waals surface area contributed by atoms with Crippen LogP contribution in [0.4, 0.5) is 5.82 Å². The van der Waals surface area contributed by atoms with Crippen molar-refractivity contribution in [3.63, 3.8) is 0 Å². The number of hydrogen-bond acceptors (Lipinski definition) is 4. The summed E-state index contributed by atoms with van der Waals surface area (Å²) in [6.07, 6.45) is 0. The molecule has 0 saturated heterocycles. The van der Waals surface area contributed by atoms with Crippen LogP contribution < -0.4 is 5.43 Å². The van der Waals surface area contributed by atoms with E-state index in [0.717, 1.165) is 28.1 Å². The van der Waals surface area contributed by atoms with Crippen LogP contribution >= 0.6 is 23.2 Å². The summed E-state index contributed by atoms with van der Waals surface area (Å²) in [4.78, 5) is 9.20. The number of anilines is 1. The number of hydrogen-bond donors (Lipinski definition) is 1. The molecule has 1 N–H and O–H groups in total. The number of halogens is 2. The lowest BCUT2D eigenvalue weighted by molar-refractivity contribution is 1.06. The zero-order chi connectivity index (χ0) is 18.7.